The molecule has 34 heavy (non-hydrogen) atoms. The summed E-state index contributed by atoms with van der Waals surface area (Å²) < 4.78 is 13.5. The monoisotopic (exact) mass is 470 g/mol. The molecule has 6 heteroatoms. The summed E-state index contributed by atoms with van der Waals surface area (Å²) in [4.78, 5) is 15.1. The van der Waals surface area contributed by atoms with Crippen molar-refractivity contribution in [2.24, 2.45) is 4.99 Å². The Labute approximate surface area is 204 Å². The molecule has 5 rings (SSSR count). The molecular weight excluding hydrogens is 443 g/mol. The highest BCUT2D eigenvalue weighted by atomic mass is 32.1. The minimum Gasteiger partial charge on any atom is -0.354 e. The van der Waals surface area contributed by atoms with Gasteiger partial charge >= 0.3 is 0 Å². The van der Waals surface area contributed by atoms with Gasteiger partial charge in [0.05, 0.1) is 0 Å². The van der Waals surface area contributed by atoms with Crippen LogP contribution in [0.15, 0.2) is 89.9 Å². The van der Waals surface area contributed by atoms with Crippen LogP contribution in [0.3, 0.4) is 0 Å². The molecule has 4 nitrogen and oxygen atoms in total. The fourth-order valence-electron chi connectivity index (χ4n) is 4.17. The molecule has 4 aromatic rings. The van der Waals surface area contributed by atoms with Gasteiger partial charge in [-0.15, -0.1) is 0 Å². The van der Waals surface area contributed by atoms with Crippen LogP contribution in [0.1, 0.15) is 12.5 Å². The van der Waals surface area contributed by atoms with Crippen LogP contribution in [0, 0.1) is 5.82 Å². The van der Waals surface area contributed by atoms with Crippen molar-refractivity contribution >= 4 is 22.2 Å². The predicted molar refractivity (Wildman–Crippen MR) is 139 cm³/mol. The lowest BCUT2D eigenvalue weighted by Crippen LogP contribution is -2.48. The number of hydrogen-bond donors (Lipinski definition) is 0. The summed E-state index contributed by atoms with van der Waals surface area (Å²) >= 11 is 1.55. The summed E-state index contributed by atoms with van der Waals surface area (Å²) in [5, 5.41) is 1.70. The van der Waals surface area contributed by atoms with E-state index in [-0.39, 0.29) is 5.82 Å². The van der Waals surface area contributed by atoms with E-state index in [4.69, 9.17) is 9.98 Å². The zero-order valence-corrected chi connectivity index (χ0v) is 20.0. The van der Waals surface area contributed by atoms with Gasteiger partial charge in [0, 0.05) is 42.9 Å². The Morgan fingerprint density at radius 2 is 1.50 bits per heavy atom. The third-order valence-electron chi connectivity index (χ3n) is 6.11. The van der Waals surface area contributed by atoms with Gasteiger partial charge in [-0.05, 0) is 30.8 Å². The van der Waals surface area contributed by atoms with Crippen LogP contribution < -0.4 is 0 Å². The van der Waals surface area contributed by atoms with Crippen LogP contribution in [-0.4, -0.2) is 53.3 Å². The average molecular weight is 471 g/mol. The number of likely N-dealkylation sites (N-methyl/N-ethyl adjacent to an activating group) is 1. The number of hydrogen-bond acceptors (Lipinski definition) is 4. The first-order chi connectivity index (χ1) is 16.7. The Morgan fingerprint density at radius 3 is 2.15 bits per heavy atom. The summed E-state index contributed by atoms with van der Waals surface area (Å²) in [6, 6.07) is 27.0. The minimum absolute atomic E-state index is 0.251. The van der Waals surface area contributed by atoms with E-state index in [9.17, 15) is 4.39 Å². The van der Waals surface area contributed by atoms with Gasteiger partial charge in [-0.1, -0.05) is 78.9 Å². The van der Waals surface area contributed by atoms with E-state index in [1.165, 1.54) is 12.1 Å². The Balaban J connectivity index is 1.61. The van der Waals surface area contributed by atoms with Gasteiger partial charge < -0.3 is 9.80 Å². The first-order valence-electron chi connectivity index (χ1n) is 11.6. The van der Waals surface area contributed by atoms with Gasteiger partial charge in [-0.2, -0.15) is 0 Å². The fraction of sp³-hybridized carbons (Fsp3) is 0.214. The summed E-state index contributed by atoms with van der Waals surface area (Å²) in [6.45, 7) is 7.20. The number of aromatic nitrogens is 1. The maximum absolute atomic E-state index is 13.5. The highest BCUT2D eigenvalue weighted by Gasteiger charge is 2.22. The molecule has 1 aliphatic rings. The second kappa shape index (κ2) is 10.3. The normalized spacial score (nSPS) is 15.0. The molecule has 0 atom stereocenters. The average Bonchev–Trinajstić information content (AvgIpc) is 3.33. The number of piperazine rings is 1. The first-order valence-corrected chi connectivity index (χ1v) is 12.5. The van der Waals surface area contributed by atoms with Crippen molar-refractivity contribution in [3.63, 3.8) is 0 Å². The van der Waals surface area contributed by atoms with Crippen LogP contribution in [0.4, 0.5) is 9.39 Å². The molecule has 2 heterocycles. The Kier molecular flexibility index (Phi) is 6.79. The number of nitrogens with zero attached hydrogens (tertiary/aromatic N) is 4. The van der Waals surface area contributed by atoms with Crippen LogP contribution in [0.2, 0.25) is 0 Å². The molecule has 0 bridgehead atoms. The smallest absolute Gasteiger partial charge is 0.146 e. The van der Waals surface area contributed by atoms with Crippen LogP contribution in [0.25, 0.3) is 21.8 Å². The first kappa shape index (κ1) is 22.4. The van der Waals surface area contributed by atoms with Crippen molar-refractivity contribution in [2.45, 2.75) is 6.92 Å². The van der Waals surface area contributed by atoms with Gasteiger partial charge in [-0.3, -0.25) is 0 Å². The Hall–Kier alpha value is -3.35. The van der Waals surface area contributed by atoms with Crippen molar-refractivity contribution in [1.82, 2.24) is 14.8 Å². The molecule has 0 radical (unpaired) electrons. The largest absolute Gasteiger partial charge is 0.354 e. The Bertz CT molecular complexity index is 1240. The van der Waals surface area contributed by atoms with Crippen molar-refractivity contribution in [2.75, 3.05) is 32.7 Å². The molecule has 0 amide bonds. The van der Waals surface area contributed by atoms with E-state index < -0.39 is 0 Å². The summed E-state index contributed by atoms with van der Waals surface area (Å²) in [6.07, 6.45) is 0. The number of aliphatic imine (C=N–C) groups is 1. The maximum atomic E-state index is 13.5. The molecule has 0 saturated carbocycles. The summed E-state index contributed by atoms with van der Waals surface area (Å²) in [5.74, 6) is 0.724. The third kappa shape index (κ3) is 4.93. The van der Waals surface area contributed by atoms with Crippen LogP contribution in [-0.2, 0) is 0 Å². The molecule has 1 aromatic heterocycles. The van der Waals surface area contributed by atoms with Crippen molar-refractivity contribution < 1.29 is 4.39 Å². The zero-order valence-electron chi connectivity index (χ0n) is 19.2. The highest BCUT2D eigenvalue weighted by Crippen LogP contribution is 2.40. The van der Waals surface area contributed by atoms with Gasteiger partial charge in [0.15, 0.2) is 0 Å². The van der Waals surface area contributed by atoms with Gasteiger partial charge in [0.2, 0.25) is 0 Å². The van der Waals surface area contributed by atoms with Gasteiger partial charge in [0.1, 0.15) is 27.4 Å². The number of halogens is 1. The molecule has 1 fully saturated rings. The third-order valence-corrected chi connectivity index (χ3v) is 7.10. The lowest BCUT2D eigenvalue weighted by molar-refractivity contribution is 0.190. The predicted octanol–water partition coefficient (Wildman–Crippen LogP) is 6.33. The maximum Gasteiger partial charge on any atom is 0.146 e. The topological polar surface area (TPSA) is 31.7 Å². The molecule has 172 valence electrons. The lowest BCUT2D eigenvalue weighted by atomic mass is 10.1. The second-order valence-electron chi connectivity index (χ2n) is 8.27. The molecule has 0 N–H and O–H groups in total. The number of thiazole rings is 1. The van der Waals surface area contributed by atoms with Crippen molar-refractivity contribution in [3.8, 4) is 21.8 Å². The van der Waals surface area contributed by atoms with E-state index >= 15 is 0 Å². The van der Waals surface area contributed by atoms with E-state index in [0.29, 0.717) is 0 Å². The second-order valence-corrected chi connectivity index (χ2v) is 9.25. The summed E-state index contributed by atoms with van der Waals surface area (Å²) in [5.41, 5.74) is 3.87. The molecule has 1 aliphatic heterocycles. The fourth-order valence-corrected chi connectivity index (χ4v) is 5.13. The Morgan fingerprint density at radius 1 is 0.853 bits per heavy atom. The zero-order chi connectivity index (χ0) is 23.3. The van der Waals surface area contributed by atoms with E-state index in [1.807, 2.05) is 24.3 Å². The van der Waals surface area contributed by atoms with Crippen LogP contribution in [0.5, 0.6) is 0 Å². The van der Waals surface area contributed by atoms with Crippen molar-refractivity contribution in [1.29, 1.82) is 0 Å². The molecule has 0 spiro atoms. The van der Waals surface area contributed by atoms with Crippen LogP contribution >= 0.6 is 11.3 Å². The van der Waals surface area contributed by atoms with E-state index in [0.717, 1.165) is 71.0 Å². The quantitative estimate of drug-likeness (QED) is 0.252. The molecular formula is C28H27FN4S. The van der Waals surface area contributed by atoms with Gasteiger partial charge in [-0.25, -0.2) is 14.4 Å². The molecule has 0 unspecified atom stereocenters. The lowest BCUT2D eigenvalue weighted by Gasteiger charge is -2.36. The minimum atomic E-state index is -0.251. The molecule has 3 aromatic carbocycles. The standard InChI is InChI=1S/C28H27FN4S/c1-2-32-17-19-33(20-18-32)26(22-11-7-4-8-12-22)31-28-25(21-9-5-3-6-10-21)30-27(34-28)23-13-15-24(29)16-14-23/h3-16H,2,17-20H2,1H3. The van der Waals surface area contributed by atoms with E-state index in [2.05, 4.69) is 53.1 Å². The van der Waals surface area contributed by atoms with Gasteiger partial charge in [0.25, 0.3) is 0 Å². The molecule has 1 saturated heterocycles. The summed E-state index contributed by atoms with van der Waals surface area (Å²) in [7, 11) is 0. The number of rotatable bonds is 5. The number of benzene rings is 3. The molecule has 0 aliphatic carbocycles. The van der Waals surface area contributed by atoms with Crippen molar-refractivity contribution in [3.05, 3.63) is 96.3 Å². The highest BCUT2D eigenvalue weighted by molar-refractivity contribution is 7.19. The van der Waals surface area contributed by atoms with E-state index in [1.54, 1.807) is 23.5 Å². The SMILES string of the molecule is CCN1CCN(C(=Nc2sc(-c3ccc(F)cc3)nc2-c2ccccc2)c2ccccc2)CC1. The number of amidine groups is 1.